The molecule has 0 radical (unpaired) electrons. The van der Waals surface area contributed by atoms with Crippen molar-refractivity contribution in [3.05, 3.63) is 48.0 Å². The minimum Gasteiger partial charge on any atom is -0.378 e. The first-order valence-corrected chi connectivity index (χ1v) is 10.7. The van der Waals surface area contributed by atoms with E-state index in [1.165, 1.54) is 10.1 Å². The summed E-state index contributed by atoms with van der Waals surface area (Å²) in [6, 6.07) is 12.9. The fraction of sp³-hybridized carbons (Fsp3) is 0.400. The van der Waals surface area contributed by atoms with Gasteiger partial charge in [0.15, 0.2) is 17.0 Å². The smallest absolute Gasteiger partial charge is 0.209 e. The molecule has 1 aromatic carbocycles. The van der Waals surface area contributed by atoms with Crippen molar-refractivity contribution in [2.45, 2.75) is 44.6 Å². The Bertz CT molecular complexity index is 1170. The molecule has 1 aliphatic carbocycles. The Balaban J connectivity index is 1.66. The van der Waals surface area contributed by atoms with E-state index >= 15 is 0 Å². The monoisotopic (exact) mass is 413 g/mol. The molecule has 0 saturated heterocycles. The molecule has 158 valence electrons. The number of hydrogen-bond donors (Lipinski definition) is 1. The first-order valence-electron chi connectivity index (χ1n) is 10.7. The molecule has 1 N–H and O–H groups in total. The third-order valence-electron chi connectivity index (χ3n) is 5.84. The van der Waals surface area contributed by atoms with E-state index in [4.69, 9.17) is 6.42 Å². The van der Waals surface area contributed by atoms with E-state index in [1.54, 1.807) is 6.33 Å². The second-order valence-corrected chi connectivity index (χ2v) is 8.43. The summed E-state index contributed by atoms with van der Waals surface area (Å²) in [5.41, 5.74) is 1.46. The Labute approximate surface area is 183 Å². The van der Waals surface area contributed by atoms with E-state index in [9.17, 15) is 5.11 Å². The molecule has 1 saturated carbocycles. The number of likely N-dealkylation sites (N-methyl/N-ethyl adjacent to an activating group) is 1. The van der Waals surface area contributed by atoms with Crippen LogP contribution in [0.1, 0.15) is 44.0 Å². The van der Waals surface area contributed by atoms with Gasteiger partial charge in [0.1, 0.15) is 11.9 Å². The second kappa shape index (κ2) is 8.79. The summed E-state index contributed by atoms with van der Waals surface area (Å²) in [6.45, 7) is 2.91. The number of fused-ring (bicyclic) bond motifs is 1. The maximum Gasteiger partial charge on any atom is 0.209 e. The Kier molecular flexibility index (Phi) is 5.93. The Morgan fingerprint density at radius 2 is 2.10 bits per heavy atom. The highest BCUT2D eigenvalue weighted by atomic mass is 16.3. The van der Waals surface area contributed by atoms with Crippen molar-refractivity contribution >= 4 is 17.0 Å². The van der Waals surface area contributed by atoms with Gasteiger partial charge >= 0.3 is 0 Å². The molecule has 2 atom stereocenters. The molecule has 4 rings (SSSR count). The Hall–Kier alpha value is -3.35. The topological polar surface area (TPSA) is 67.1 Å². The summed E-state index contributed by atoms with van der Waals surface area (Å²) < 4.78 is 1.54. The fourth-order valence-corrected chi connectivity index (χ4v) is 4.16. The highest BCUT2D eigenvalue weighted by molar-refractivity contribution is 5.84. The van der Waals surface area contributed by atoms with Crippen LogP contribution in [0, 0.1) is 30.2 Å². The van der Waals surface area contributed by atoms with Gasteiger partial charge in [0.2, 0.25) is 5.82 Å². The van der Waals surface area contributed by atoms with E-state index in [0.29, 0.717) is 41.6 Å². The van der Waals surface area contributed by atoms with Crippen LogP contribution in [-0.4, -0.2) is 43.8 Å². The molecule has 0 bridgehead atoms. The molecule has 0 unspecified atom stereocenters. The van der Waals surface area contributed by atoms with Crippen molar-refractivity contribution in [2.75, 3.05) is 18.5 Å². The Morgan fingerprint density at radius 1 is 1.29 bits per heavy atom. The number of terminal acetylenes is 1. The first-order chi connectivity index (χ1) is 15.0. The van der Waals surface area contributed by atoms with Gasteiger partial charge in [0, 0.05) is 19.6 Å². The lowest BCUT2D eigenvalue weighted by Crippen LogP contribution is -2.32. The number of aliphatic hydroxyl groups is 1. The highest BCUT2D eigenvalue weighted by Gasteiger charge is 2.30. The van der Waals surface area contributed by atoms with E-state index in [1.807, 2.05) is 30.1 Å². The van der Waals surface area contributed by atoms with Crippen molar-refractivity contribution in [3.8, 4) is 24.3 Å². The molecule has 0 spiro atoms. The zero-order valence-corrected chi connectivity index (χ0v) is 18.0. The third-order valence-corrected chi connectivity index (χ3v) is 5.84. The number of hydrogen-bond acceptors (Lipinski definition) is 5. The molecule has 31 heavy (non-hydrogen) atoms. The summed E-state index contributed by atoms with van der Waals surface area (Å²) in [4.78, 5) is 15.7. The molecule has 6 heteroatoms. The van der Waals surface area contributed by atoms with E-state index < -0.39 is 5.60 Å². The highest BCUT2D eigenvalue weighted by Crippen LogP contribution is 2.31. The largest absolute Gasteiger partial charge is 0.378 e. The van der Waals surface area contributed by atoms with Crippen molar-refractivity contribution in [2.24, 2.45) is 5.92 Å². The predicted octanol–water partition coefficient (Wildman–Crippen LogP) is 3.24. The zero-order valence-electron chi connectivity index (χ0n) is 18.0. The number of benzene rings is 1. The number of anilines is 1. The lowest BCUT2D eigenvalue weighted by atomic mass is 9.79. The molecule has 0 amide bonds. The zero-order chi connectivity index (χ0) is 21.8. The minimum atomic E-state index is -0.984. The van der Waals surface area contributed by atoms with Crippen LogP contribution in [0.15, 0.2) is 36.7 Å². The van der Waals surface area contributed by atoms with Crippen LogP contribution in [0.3, 0.4) is 0 Å². The maximum atomic E-state index is 10.9. The lowest BCUT2D eigenvalue weighted by molar-refractivity contribution is 0.0410. The molecule has 2 heterocycles. The van der Waals surface area contributed by atoms with Crippen molar-refractivity contribution in [3.63, 3.8) is 0 Å². The number of nitrogens with zero attached hydrogens (tertiary/aromatic N) is 5. The summed E-state index contributed by atoms with van der Waals surface area (Å²) in [6.07, 6.45) is 11.5. The average Bonchev–Trinajstić information content (AvgIpc) is 3.19. The van der Waals surface area contributed by atoms with Gasteiger partial charge in [0.25, 0.3) is 0 Å². The van der Waals surface area contributed by atoms with Gasteiger partial charge in [-0.05, 0) is 43.1 Å². The van der Waals surface area contributed by atoms with E-state index in [-0.39, 0.29) is 0 Å². The molecule has 2 aromatic heterocycles. The van der Waals surface area contributed by atoms with Crippen molar-refractivity contribution < 1.29 is 5.11 Å². The molecule has 6 nitrogen and oxygen atoms in total. The van der Waals surface area contributed by atoms with E-state index in [2.05, 4.69) is 51.9 Å². The third kappa shape index (κ3) is 4.71. The maximum absolute atomic E-state index is 10.9. The molecule has 3 aromatic rings. The van der Waals surface area contributed by atoms with Crippen LogP contribution < -0.4 is 4.90 Å². The van der Waals surface area contributed by atoms with Gasteiger partial charge in [-0.2, -0.15) is 4.98 Å². The summed E-state index contributed by atoms with van der Waals surface area (Å²) >= 11 is 0. The standard InChI is InChI=1S/C25H27N5O/c1-4-30-18-26-22-23(29(3)16-13-20-10-6-5-7-11-20)27-21(28-24(22)30)12-15-25(31)14-8-9-19(2)17-25/h1,5-7,10-11,18-19,31H,8-9,13-14,16-17H2,2-3H3/t19-,25-/m1/s1. The van der Waals surface area contributed by atoms with Crippen LogP contribution >= 0.6 is 0 Å². The summed E-state index contributed by atoms with van der Waals surface area (Å²) in [7, 11) is 1.98. The van der Waals surface area contributed by atoms with Gasteiger partial charge in [0.05, 0.1) is 0 Å². The number of aromatic nitrogens is 4. The van der Waals surface area contributed by atoms with Crippen LogP contribution in [0.2, 0.25) is 0 Å². The minimum absolute atomic E-state index is 0.345. The Morgan fingerprint density at radius 3 is 2.84 bits per heavy atom. The molecule has 1 fully saturated rings. The predicted molar refractivity (Wildman–Crippen MR) is 122 cm³/mol. The lowest BCUT2D eigenvalue weighted by Gasteiger charge is -2.30. The van der Waals surface area contributed by atoms with Crippen LogP contribution in [-0.2, 0) is 6.42 Å². The SMILES string of the molecule is C#Cn1cnc2c(N(C)CCc3ccccc3)nc(C#C[C@]3(O)CCC[C@@H](C)C3)nc21. The van der Waals surface area contributed by atoms with Gasteiger partial charge < -0.3 is 10.0 Å². The van der Waals surface area contributed by atoms with E-state index in [0.717, 1.165) is 25.8 Å². The quantitative estimate of drug-likeness (QED) is 0.665. The van der Waals surface area contributed by atoms with Gasteiger partial charge in [-0.1, -0.05) is 56.0 Å². The summed E-state index contributed by atoms with van der Waals surface area (Å²) in [5.74, 6) is 7.55. The fourth-order valence-electron chi connectivity index (χ4n) is 4.16. The second-order valence-electron chi connectivity index (χ2n) is 8.43. The van der Waals surface area contributed by atoms with Crippen molar-refractivity contribution in [1.82, 2.24) is 19.5 Å². The van der Waals surface area contributed by atoms with Gasteiger partial charge in [-0.25, -0.2) is 14.5 Å². The molecular weight excluding hydrogens is 386 g/mol. The van der Waals surface area contributed by atoms with Crippen LogP contribution in [0.25, 0.3) is 11.2 Å². The molecule has 0 aliphatic heterocycles. The molecular formula is C25H27N5O. The van der Waals surface area contributed by atoms with Crippen LogP contribution in [0.5, 0.6) is 0 Å². The normalized spacial score (nSPS) is 20.6. The first kappa shape index (κ1) is 20.9. The number of imidazole rings is 1. The van der Waals surface area contributed by atoms with Gasteiger partial charge in [-0.15, -0.1) is 0 Å². The van der Waals surface area contributed by atoms with Crippen LogP contribution in [0.4, 0.5) is 5.82 Å². The molecule has 1 aliphatic rings. The summed E-state index contributed by atoms with van der Waals surface area (Å²) in [5, 5.41) is 10.9. The number of rotatable bonds is 4. The van der Waals surface area contributed by atoms with Crippen molar-refractivity contribution in [1.29, 1.82) is 0 Å². The average molecular weight is 414 g/mol. The van der Waals surface area contributed by atoms with Gasteiger partial charge in [-0.3, -0.25) is 0 Å².